The van der Waals surface area contributed by atoms with Crippen LogP contribution >= 0.6 is 0 Å². The maximum absolute atomic E-state index is 11.3. The van der Waals surface area contributed by atoms with Crippen molar-refractivity contribution in [2.24, 2.45) is 5.73 Å². The lowest BCUT2D eigenvalue weighted by atomic mass is 10.0. The van der Waals surface area contributed by atoms with Crippen molar-refractivity contribution in [1.82, 2.24) is 0 Å². The first-order valence-electron chi connectivity index (χ1n) is 5.44. The molecule has 17 heavy (non-hydrogen) atoms. The molecular formula is C13H13NO2S. The van der Waals surface area contributed by atoms with Gasteiger partial charge in [-0.15, -0.1) is 0 Å². The molecule has 0 bridgehead atoms. The highest BCUT2D eigenvalue weighted by Gasteiger charge is 2.24. The maximum atomic E-state index is 11.3. The SMILES string of the molecule is NC(=O)C1=C(Cc2ccccc2)C(=S=O)CC1. The molecule has 4 heteroatoms. The van der Waals surface area contributed by atoms with E-state index in [1.807, 2.05) is 30.3 Å². The number of hydrogen-bond donors (Lipinski definition) is 1. The van der Waals surface area contributed by atoms with Gasteiger partial charge in [0.2, 0.25) is 5.91 Å². The van der Waals surface area contributed by atoms with Gasteiger partial charge >= 0.3 is 0 Å². The zero-order chi connectivity index (χ0) is 12.3. The number of benzene rings is 1. The molecule has 0 fully saturated rings. The third-order valence-corrected chi connectivity index (χ3v) is 3.58. The first-order chi connectivity index (χ1) is 8.22. The van der Waals surface area contributed by atoms with Gasteiger partial charge in [-0.3, -0.25) is 4.79 Å². The second-order valence-corrected chi connectivity index (χ2v) is 4.65. The standard InChI is InChI=1S/C13H13NO2S/c14-13(15)10-6-7-12(17-16)11(10)8-9-4-2-1-3-5-9/h1-5H,6-8H2,(H2,14,15). The minimum atomic E-state index is -0.403. The van der Waals surface area contributed by atoms with Crippen LogP contribution in [-0.2, 0) is 22.5 Å². The Morgan fingerprint density at radius 3 is 2.53 bits per heavy atom. The minimum absolute atomic E-state index is 0.403. The normalized spacial score (nSPS) is 15.2. The summed E-state index contributed by atoms with van der Waals surface area (Å²) in [6.45, 7) is 0. The third-order valence-electron chi connectivity index (χ3n) is 2.92. The second kappa shape index (κ2) is 5.10. The first-order valence-corrected chi connectivity index (χ1v) is 6.18. The van der Waals surface area contributed by atoms with Gasteiger partial charge in [-0.2, -0.15) is 0 Å². The lowest BCUT2D eigenvalue weighted by Crippen LogP contribution is -2.15. The van der Waals surface area contributed by atoms with Gasteiger partial charge in [0.25, 0.3) is 0 Å². The summed E-state index contributed by atoms with van der Waals surface area (Å²) in [4.78, 5) is 12.1. The monoisotopic (exact) mass is 247 g/mol. The van der Waals surface area contributed by atoms with Gasteiger partial charge in [-0.25, -0.2) is 4.21 Å². The molecule has 88 valence electrons. The van der Waals surface area contributed by atoms with Crippen LogP contribution in [0.3, 0.4) is 0 Å². The number of nitrogens with two attached hydrogens (primary N) is 1. The van der Waals surface area contributed by atoms with Crippen LogP contribution < -0.4 is 5.73 Å². The molecule has 0 atom stereocenters. The van der Waals surface area contributed by atoms with Crippen molar-refractivity contribution in [3.8, 4) is 0 Å². The van der Waals surface area contributed by atoms with E-state index in [4.69, 9.17) is 5.73 Å². The van der Waals surface area contributed by atoms with Crippen LogP contribution in [0.5, 0.6) is 0 Å². The Labute approximate surface area is 103 Å². The quantitative estimate of drug-likeness (QED) is 0.816. The highest BCUT2D eigenvalue weighted by atomic mass is 32.1. The smallest absolute Gasteiger partial charge is 0.244 e. The second-order valence-electron chi connectivity index (χ2n) is 3.99. The van der Waals surface area contributed by atoms with Crippen molar-refractivity contribution in [3.63, 3.8) is 0 Å². The lowest BCUT2D eigenvalue weighted by Gasteiger charge is -2.05. The Bertz CT molecular complexity index is 528. The average Bonchev–Trinajstić information content (AvgIpc) is 2.73. The third kappa shape index (κ3) is 2.53. The maximum Gasteiger partial charge on any atom is 0.244 e. The van der Waals surface area contributed by atoms with Gasteiger partial charge < -0.3 is 5.73 Å². The highest BCUT2D eigenvalue weighted by Crippen LogP contribution is 2.26. The Morgan fingerprint density at radius 2 is 1.94 bits per heavy atom. The summed E-state index contributed by atoms with van der Waals surface area (Å²) in [6, 6.07) is 9.79. The van der Waals surface area contributed by atoms with Crippen molar-refractivity contribution >= 4 is 22.0 Å². The predicted molar refractivity (Wildman–Crippen MR) is 68.7 cm³/mol. The molecule has 1 aromatic rings. The fraction of sp³-hybridized carbons (Fsp3) is 0.231. The molecule has 0 radical (unpaired) electrons. The van der Waals surface area contributed by atoms with Crippen LogP contribution in [0.4, 0.5) is 0 Å². The molecule has 0 aliphatic heterocycles. The Balaban J connectivity index is 2.36. The van der Waals surface area contributed by atoms with Crippen LogP contribution in [0.15, 0.2) is 41.5 Å². The molecule has 1 aliphatic carbocycles. The topological polar surface area (TPSA) is 60.2 Å². The van der Waals surface area contributed by atoms with Gasteiger partial charge in [0, 0.05) is 10.4 Å². The van der Waals surface area contributed by atoms with Crippen molar-refractivity contribution in [2.45, 2.75) is 19.3 Å². The fourth-order valence-electron chi connectivity index (χ4n) is 2.08. The van der Waals surface area contributed by atoms with E-state index in [1.165, 1.54) is 0 Å². The van der Waals surface area contributed by atoms with Gasteiger partial charge in [-0.1, -0.05) is 30.3 Å². The van der Waals surface area contributed by atoms with Crippen molar-refractivity contribution in [3.05, 3.63) is 47.0 Å². The Kier molecular flexibility index (Phi) is 3.54. The predicted octanol–water partition coefficient (Wildman–Crippen LogP) is 1.19. The zero-order valence-corrected chi connectivity index (χ0v) is 10.1. The van der Waals surface area contributed by atoms with E-state index in [9.17, 15) is 9.00 Å². The van der Waals surface area contributed by atoms with Gasteiger partial charge in [0.15, 0.2) is 0 Å². The van der Waals surface area contributed by atoms with Crippen LogP contribution in [-0.4, -0.2) is 15.0 Å². The number of allylic oxidation sites excluding steroid dienone is 1. The van der Waals surface area contributed by atoms with Crippen molar-refractivity contribution in [2.75, 3.05) is 0 Å². The molecule has 1 amide bonds. The van der Waals surface area contributed by atoms with Crippen molar-refractivity contribution < 1.29 is 9.00 Å². The van der Waals surface area contributed by atoms with E-state index < -0.39 is 5.91 Å². The summed E-state index contributed by atoms with van der Waals surface area (Å²) in [7, 11) is 0. The van der Waals surface area contributed by atoms with E-state index in [0.29, 0.717) is 36.1 Å². The molecule has 0 unspecified atom stereocenters. The molecule has 0 spiro atoms. The largest absolute Gasteiger partial charge is 0.366 e. The molecule has 2 N–H and O–H groups in total. The number of hydrogen-bond acceptors (Lipinski definition) is 2. The summed E-state index contributed by atoms with van der Waals surface area (Å²) in [5, 5.41) is 0. The Hall–Kier alpha value is -1.68. The summed E-state index contributed by atoms with van der Waals surface area (Å²) < 4.78 is 11.0. The van der Waals surface area contributed by atoms with E-state index in [1.54, 1.807) is 0 Å². The molecule has 0 saturated heterocycles. The van der Waals surface area contributed by atoms with E-state index in [0.717, 1.165) is 16.0 Å². The van der Waals surface area contributed by atoms with Gasteiger partial charge in [0.05, 0.1) is 11.3 Å². The molecule has 0 aromatic heterocycles. The summed E-state index contributed by atoms with van der Waals surface area (Å²) in [5.41, 5.74) is 7.88. The lowest BCUT2D eigenvalue weighted by molar-refractivity contribution is -0.114. The van der Waals surface area contributed by atoms with Crippen LogP contribution in [0.1, 0.15) is 18.4 Å². The van der Waals surface area contributed by atoms with E-state index in [2.05, 4.69) is 0 Å². The van der Waals surface area contributed by atoms with Crippen molar-refractivity contribution in [1.29, 1.82) is 0 Å². The zero-order valence-electron chi connectivity index (χ0n) is 9.31. The Morgan fingerprint density at radius 1 is 1.24 bits per heavy atom. The molecule has 1 aromatic carbocycles. The average molecular weight is 247 g/mol. The number of carbonyl (C=O) groups excluding carboxylic acids is 1. The molecular weight excluding hydrogens is 234 g/mol. The summed E-state index contributed by atoms with van der Waals surface area (Å²) >= 11 is 0.482. The molecule has 1 aliphatic rings. The summed E-state index contributed by atoms with van der Waals surface area (Å²) in [6.07, 6.45) is 1.86. The van der Waals surface area contributed by atoms with Crippen LogP contribution in [0.25, 0.3) is 0 Å². The molecule has 2 rings (SSSR count). The fourth-order valence-corrected chi connectivity index (χ4v) is 2.56. The number of carbonyl (C=O) groups is 1. The first kappa shape index (κ1) is 11.8. The highest BCUT2D eigenvalue weighted by molar-refractivity contribution is 7.67. The van der Waals surface area contributed by atoms with Gasteiger partial charge in [-0.05, 0) is 30.4 Å². The summed E-state index contributed by atoms with van der Waals surface area (Å²) in [5.74, 6) is -0.403. The van der Waals surface area contributed by atoms with E-state index in [-0.39, 0.29) is 0 Å². The number of amides is 1. The molecule has 3 nitrogen and oxygen atoms in total. The molecule has 0 heterocycles. The van der Waals surface area contributed by atoms with E-state index >= 15 is 0 Å². The van der Waals surface area contributed by atoms with Crippen LogP contribution in [0.2, 0.25) is 0 Å². The van der Waals surface area contributed by atoms with Crippen LogP contribution in [0, 0.1) is 0 Å². The minimum Gasteiger partial charge on any atom is -0.366 e. The number of rotatable bonds is 3. The van der Waals surface area contributed by atoms with Gasteiger partial charge in [0.1, 0.15) is 0 Å². The number of primary amides is 1. The molecule has 0 saturated carbocycles.